The average molecular weight is 318 g/mol. The van der Waals surface area contributed by atoms with Gasteiger partial charge in [0.15, 0.2) is 0 Å². The van der Waals surface area contributed by atoms with Gasteiger partial charge in [0.1, 0.15) is 11.4 Å². The third-order valence-corrected chi connectivity index (χ3v) is 6.08. The summed E-state index contributed by atoms with van der Waals surface area (Å²) in [5, 5.41) is 7.83. The minimum Gasteiger partial charge on any atom is -0.342 e. The Morgan fingerprint density at radius 1 is 1.22 bits per heavy atom. The molecule has 3 heterocycles. The molecule has 1 spiro atoms. The quantitative estimate of drug-likeness (QED) is 0.849. The first-order valence-electron chi connectivity index (χ1n) is 8.96. The summed E-state index contributed by atoms with van der Waals surface area (Å²) < 4.78 is 4.79. The second kappa shape index (κ2) is 5.89. The topological polar surface area (TPSA) is 62.5 Å². The molecule has 0 bridgehead atoms. The molecule has 1 atom stereocenters. The average Bonchev–Trinajstić information content (AvgIpc) is 3.08. The number of amides is 1. The van der Waals surface area contributed by atoms with E-state index in [4.69, 9.17) is 4.63 Å². The lowest BCUT2D eigenvalue weighted by molar-refractivity contribution is -0.146. The SMILES string of the molecule is Cc1nonc1CN1CC[C@@]2(CCCN(CC3CCC3)C2=O)C1. The molecule has 1 aromatic heterocycles. The summed E-state index contributed by atoms with van der Waals surface area (Å²) in [6.45, 7) is 6.45. The lowest BCUT2D eigenvalue weighted by atomic mass is 9.77. The normalized spacial score (nSPS) is 29.4. The molecule has 1 aliphatic carbocycles. The van der Waals surface area contributed by atoms with Gasteiger partial charge in [-0.2, -0.15) is 0 Å². The van der Waals surface area contributed by atoms with Crippen LogP contribution in [-0.2, 0) is 11.3 Å². The monoisotopic (exact) mass is 318 g/mol. The maximum Gasteiger partial charge on any atom is 0.230 e. The molecule has 126 valence electrons. The molecule has 0 unspecified atom stereocenters. The second-order valence-corrected chi connectivity index (χ2v) is 7.69. The van der Waals surface area contributed by atoms with E-state index in [1.54, 1.807) is 0 Å². The third-order valence-electron chi connectivity index (χ3n) is 6.08. The van der Waals surface area contributed by atoms with Crippen molar-refractivity contribution in [2.45, 2.75) is 52.0 Å². The molecule has 2 aliphatic heterocycles. The third kappa shape index (κ3) is 2.77. The molecule has 6 nitrogen and oxygen atoms in total. The van der Waals surface area contributed by atoms with Gasteiger partial charge in [-0.1, -0.05) is 16.7 Å². The molecule has 3 fully saturated rings. The van der Waals surface area contributed by atoms with E-state index < -0.39 is 0 Å². The first-order valence-corrected chi connectivity index (χ1v) is 8.96. The van der Waals surface area contributed by atoms with Gasteiger partial charge in [-0.25, -0.2) is 4.63 Å². The van der Waals surface area contributed by atoms with Crippen molar-refractivity contribution in [1.29, 1.82) is 0 Å². The van der Waals surface area contributed by atoms with Crippen molar-refractivity contribution < 1.29 is 9.42 Å². The number of hydrogen-bond donors (Lipinski definition) is 0. The number of aromatic nitrogens is 2. The largest absolute Gasteiger partial charge is 0.342 e. The van der Waals surface area contributed by atoms with Gasteiger partial charge >= 0.3 is 0 Å². The van der Waals surface area contributed by atoms with Gasteiger partial charge in [-0.15, -0.1) is 0 Å². The molecule has 0 N–H and O–H groups in total. The van der Waals surface area contributed by atoms with E-state index >= 15 is 0 Å². The van der Waals surface area contributed by atoms with Gasteiger partial charge in [0.25, 0.3) is 0 Å². The summed E-state index contributed by atoms with van der Waals surface area (Å²) in [6, 6.07) is 0. The van der Waals surface area contributed by atoms with E-state index in [0.717, 1.165) is 69.3 Å². The van der Waals surface area contributed by atoms with Crippen LogP contribution in [0.1, 0.15) is 49.9 Å². The van der Waals surface area contributed by atoms with Crippen molar-refractivity contribution in [2.75, 3.05) is 26.2 Å². The number of rotatable bonds is 4. The zero-order valence-corrected chi connectivity index (χ0v) is 14.0. The molecule has 2 saturated heterocycles. The van der Waals surface area contributed by atoms with Crippen molar-refractivity contribution >= 4 is 5.91 Å². The highest BCUT2D eigenvalue weighted by Crippen LogP contribution is 2.41. The van der Waals surface area contributed by atoms with Crippen LogP contribution in [0.2, 0.25) is 0 Å². The lowest BCUT2D eigenvalue weighted by Crippen LogP contribution is -2.51. The highest BCUT2D eigenvalue weighted by Gasteiger charge is 2.48. The molecule has 1 saturated carbocycles. The van der Waals surface area contributed by atoms with Gasteiger partial charge in [-0.3, -0.25) is 9.69 Å². The summed E-state index contributed by atoms with van der Waals surface area (Å²) in [6.07, 6.45) is 7.13. The molecule has 0 aromatic carbocycles. The first-order chi connectivity index (χ1) is 11.2. The number of carbonyl (C=O) groups excluding carboxylic acids is 1. The van der Waals surface area contributed by atoms with Crippen molar-refractivity contribution in [2.24, 2.45) is 11.3 Å². The van der Waals surface area contributed by atoms with Gasteiger partial charge in [0.05, 0.1) is 5.41 Å². The van der Waals surface area contributed by atoms with Gasteiger partial charge < -0.3 is 4.90 Å². The van der Waals surface area contributed by atoms with Gasteiger partial charge in [0, 0.05) is 26.2 Å². The fraction of sp³-hybridized carbons (Fsp3) is 0.824. The smallest absolute Gasteiger partial charge is 0.230 e. The van der Waals surface area contributed by atoms with Crippen LogP contribution in [-0.4, -0.2) is 52.2 Å². The number of aryl methyl sites for hydroxylation is 1. The maximum absolute atomic E-state index is 13.1. The summed E-state index contributed by atoms with van der Waals surface area (Å²) >= 11 is 0. The Hall–Kier alpha value is -1.43. The van der Waals surface area contributed by atoms with Crippen LogP contribution in [0, 0.1) is 18.3 Å². The number of piperidine rings is 1. The Balaban J connectivity index is 1.41. The Morgan fingerprint density at radius 2 is 2.09 bits per heavy atom. The van der Waals surface area contributed by atoms with Crippen LogP contribution < -0.4 is 0 Å². The van der Waals surface area contributed by atoms with Gasteiger partial charge in [0.2, 0.25) is 5.91 Å². The van der Waals surface area contributed by atoms with E-state index in [2.05, 4.69) is 20.1 Å². The van der Waals surface area contributed by atoms with Crippen LogP contribution in [0.4, 0.5) is 0 Å². The number of carbonyl (C=O) groups is 1. The van der Waals surface area contributed by atoms with E-state index in [9.17, 15) is 4.79 Å². The van der Waals surface area contributed by atoms with Crippen LogP contribution in [0.3, 0.4) is 0 Å². The maximum atomic E-state index is 13.1. The van der Waals surface area contributed by atoms with Gasteiger partial charge in [-0.05, 0) is 51.5 Å². The molecular weight excluding hydrogens is 292 g/mol. The number of nitrogens with zero attached hydrogens (tertiary/aromatic N) is 4. The molecule has 4 rings (SSSR count). The van der Waals surface area contributed by atoms with E-state index in [1.165, 1.54) is 19.3 Å². The zero-order chi connectivity index (χ0) is 15.9. The molecular formula is C17H26N4O2. The fourth-order valence-corrected chi connectivity index (χ4v) is 4.39. The standard InChI is InChI=1S/C17H26N4O2/c1-13-15(19-23-18-13)11-20-9-7-17(12-20)6-3-8-21(16(17)22)10-14-4-2-5-14/h14H,2-12H2,1H3/t17-/m0/s1. The molecule has 23 heavy (non-hydrogen) atoms. The van der Waals surface area contributed by atoms with Crippen LogP contribution in [0.15, 0.2) is 4.63 Å². The molecule has 1 aromatic rings. The summed E-state index contributed by atoms with van der Waals surface area (Å²) in [5.41, 5.74) is 1.61. The Kier molecular flexibility index (Phi) is 3.87. The fourth-order valence-electron chi connectivity index (χ4n) is 4.39. The molecule has 6 heteroatoms. The highest BCUT2D eigenvalue weighted by molar-refractivity contribution is 5.84. The Morgan fingerprint density at radius 3 is 2.78 bits per heavy atom. The molecule has 0 radical (unpaired) electrons. The van der Waals surface area contributed by atoms with Crippen molar-refractivity contribution in [3.8, 4) is 0 Å². The van der Waals surface area contributed by atoms with Crippen molar-refractivity contribution in [3.63, 3.8) is 0 Å². The summed E-state index contributed by atoms with van der Waals surface area (Å²) in [7, 11) is 0. The minimum atomic E-state index is -0.146. The predicted molar refractivity (Wildman–Crippen MR) is 84.5 cm³/mol. The van der Waals surface area contributed by atoms with Crippen molar-refractivity contribution in [3.05, 3.63) is 11.4 Å². The summed E-state index contributed by atoms with van der Waals surface area (Å²) in [5.74, 6) is 1.17. The van der Waals surface area contributed by atoms with E-state index in [1.807, 2.05) is 6.92 Å². The second-order valence-electron chi connectivity index (χ2n) is 7.69. The van der Waals surface area contributed by atoms with Crippen molar-refractivity contribution in [1.82, 2.24) is 20.1 Å². The Labute approximate surface area is 137 Å². The van der Waals surface area contributed by atoms with E-state index in [0.29, 0.717) is 5.91 Å². The van der Waals surface area contributed by atoms with Crippen LogP contribution in [0.25, 0.3) is 0 Å². The zero-order valence-electron chi connectivity index (χ0n) is 14.0. The highest BCUT2D eigenvalue weighted by atomic mass is 16.6. The van der Waals surface area contributed by atoms with Crippen LogP contribution in [0.5, 0.6) is 0 Å². The summed E-state index contributed by atoms with van der Waals surface area (Å²) in [4.78, 5) is 17.6. The van der Waals surface area contributed by atoms with Crippen LogP contribution >= 0.6 is 0 Å². The number of hydrogen-bond acceptors (Lipinski definition) is 5. The Bertz CT molecular complexity index is 583. The lowest BCUT2D eigenvalue weighted by Gasteiger charge is -2.42. The molecule has 3 aliphatic rings. The molecule has 1 amide bonds. The minimum absolute atomic E-state index is 0.146. The predicted octanol–water partition coefficient (Wildman–Crippen LogP) is 1.99. The van der Waals surface area contributed by atoms with E-state index in [-0.39, 0.29) is 5.41 Å². The first kappa shape index (κ1) is 15.1. The number of likely N-dealkylation sites (tertiary alicyclic amines) is 2.